The van der Waals surface area contributed by atoms with Crippen LogP contribution in [-0.4, -0.2) is 41.2 Å². The molecule has 1 aliphatic carbocycles. The minimum Gasteiger partial charge on any atom is -0.497 e. The third-order valence-corrected chi connectivity index (χ3v) is 7.68. The van der Waals surface area contributed by atoms with Gasteiger partial charge in [0.05, 0.1) is 30.3 Å². The molecule has 0 N–H and O–H groups in total. The van der Waals surface area contributed by atoms with Gasteiger partial charge in [0.15, 0.2) is 0 Å². The van der Waals surface area contributed by atoms with Crippen molar-refractivity contribution < 1.29 is 9.53 Å². The van der Waals surface area contributed by atoms with Crippen LogP contribution in [-0.2, 0) is 11.3 Å². The summed E-state index contributed by atoms with van der Waals surface area (Å²) in [6.45, 7) is 1.15. The lowest BCUT2D eigenvalue weighted by Gasteiger charge is -2.26. The largest absolute Gasteiger partial charge is 0.497 e. The first-order chi connectivity index (χ1) is 15.2. The highest BCUT2D eigenvalue weighted by Crippen LogP contribution is 2.36. The molecule has 31 heavy (non-hydrogen) atoms. The molecule has 1 saturated carbocycles. The van der Waals surface area contributed by atoms with Crippen molar-refractivity contribution in [3.8, 4) is 5.75 Å². The highest BCUT2D eigenvalue weighted by Gasteiger charge is 2.37. The zero-order valence-corrected chi connectivity index (χ0v) is 19.1. The zero-order valence-electron chi connectivity index (χ0n) is 17.4. The Morgan fingerprint density at radius 1 is 1.13 bits per heavy atom. The van der Waals surface area contributed by atoms with Crippen LogP contribution in [0.3, 0.4) is 0 Å². The van der Waals surface area contributed by atoms with Crippen molar-refractivity contribution >= 4 is 34.3 Å². The molecule has 7 heteroatoms. The summed E-state index contributed by atoms with van der Waals surface area (Å²) >= 11 is 3.38. The van der Waals surface area contributed by atoms with E-state index in [9.17, 15) is 4.79 Å². The molecule has 5 rings (SSSR count). The minimum absolute atomic E-state index is 0.00774. The van der Waals surface area contributed by atoms with Crippen molar-refractivity contribution in [1.29, 1.82) is 0 Å². The summed E-state index contributed by atoms with van der Waals surface area (Å²) in [5.74, 6) is 0.925. The van der Waals surface area contributed by atoms with Crippen LogP contribution in [0.4, 0.5) is 0 Å². The van der Waals surface area contributed by atoms with Crippen molar-refractivity contribution in [1.82, 2.24) is 9.91 Å². The fourth-order valence-electron chi connectivity index (χ4n) is 4.00. The van der Waals surface area contributed by atoms with Gasteiger partial charge < -0.3 is 4.74 Å². The maximum Gasteiger partial charge on any atom is 0.257 e. The maximum atomic E-state index is 13.5. The van der Waals surface area contributed by atoms with Gasteiger partial charge >= 0.3 is 0 Å². The van der Waals surface area contributed by atoms with Crippen molar-refractivity contribution in [2.24, 2.45) is 5.10 Å². The molecule has 1 aromatic carbocycles. The molecule has 0 saturated heterocycles. The van der Waals surface area contributed by atoms with Gasteiger partial charge in [0.2, 0.25) is 0 Å². The summed E-state index contributed by atoms with van der Waals surface area (Å²) in [6.07, 6.45) is 3.08. The number of ether oxygens (including phenoxy) is 1. The molecule has 5 nitrogen and oxygen atoms in total. The summed E-state index contributed by atoms with van der Waals surface area (Å²) in [5, 5.41) is 10.7. The Morgan fingerprint density at radius 3 is 2.55 bits per heavy atom. The molecule has 1 aliphatic heterocycles. The Kier molecular flexibility index (Phi) is 5.89. The summed E-state index contributed by atoms with van der Waals surface area (Å²) in [5.41, 5.74) is 2.20. The Balaban J connectivity index is 1.34. The first-order valence-corrected chi connectivity index (χ1v) is 12.3. The van der Waals surface area contributed by atoms with Crippen LogP contribution in [0, 0.1) is 0 Å². The van der Waals surface area contributed by atoms with Gasteiger partial charge in [0, 0.05) is 23.9 Å². The summed E-state index contributed by atoms with van der Waals surface area (Å²) in [4.78, 5) is 18.1. The van der Waals surface area contributed by atoms with Gasteiger partial charge in [0.1, 0.15) is 5.75 Å². The molecule has 3 aromatic rings. The Morgan fingerprint density at radius 2 is 1.90 bits per heavy atom. The fourth-order valence-corrected chi connectivity index (χ4v) is 5.53. The number of hydrazone groups is 1. The number of rotatable bonds is 8. The lowest BCUT2D eigenvalue weighted by molar-refractivity contribution is -0.134. The van der Waals surface area contributed by atoms with E-state index in [1.807, 2.05) is 24.3 Å². The number of amides is 1. The van der Waals surface area contributed by atoms with Crippen molar-refractivity contribution in [3.63, 3.8) is 0 Å². The fraction of sp³-hybridized carbons (Fsp3) is 0.333. The molecule has 0 radical (unpaired) electrons. The number of hydrogen-bond donors (Lipinski definition) is 0. The van der Waals surface area contributed by atoms with Crippen LogP contribution < -0.4 is 4.74 Å². The van der Waals surface area contributed by atoms with Crippen LogP contribution in [0.15, 0.2) is 64.4 Å². The minimum atomic E-state index is -0.00774. The first-order valence-electron chi connectivity index (χ1n) is 10.5. The van der Waals surface area contributed by atoms with Crippen molar-refractivity contribution in [2.45, 2.75) is 37.9 Å². The highest BCUT2D eigenvalue weighted by atomic mass is 32.1. The van der Waals surface area contributed by atoms with Crippen LogP contribution in [0.1, 0.15) is 40.6 Å². The molecule has 0 spiro atoms. The van der Waals surface area contributed by atoms with Gasteiger partial charge in [-0.15, -0.1) is 22.7 Å². The molecule has 1 fully saturated rings. The van der Waals surface area contributed by atoms with E-state index in [0.717, 1.165) is 42.1 Å². The molecule has 0 bridgehead atoms. The Labute approximate surface area is 190 Å². The standard InChI is InChI=1S/C24H25N3O2S2/c1-29-19-10-6-17(7-11-19)15-26(18-8-9-18)16-24(28)27-21(23-5-3-13-31-23)14-20(25-27)22-4-2-12-30-22/h2-7,10-13,18,21H,8-9,14-16H2,1H3. The van der Waals surface area contributed by atoms with Gasteiger partial charge in [-0.25, -0.2) is 5.01 Å². The zero-order chi connectivity index (χ0) is 21.2. The van der Waals surface area contributed by atoms with Gasteiger partial charge in [-0.3, -0.25) is 9.69 Å². The quantitative estimate of drug-likeness (QED) is 0.475. The lowest BCUT2D eigenvalue weighted by Crippen LogP contribution is -2.38. The summed E-state index contributed by atoms with van der Waals surface area (Å²) in [7, 11) is 1.68. The van der Waals surface area contributed by atoms with E-state index in [0.29, 0.717) is 12.6 Å². The lowest BCUT2D eigenvalue weighted by atomic mass is 10.1. The van der Waals surface area contributed by atoms with Crippen LogP contribution >= 0.6 is 22.7 Å². The number of methoxy groups -OCH3 is 1. The third kappa shape index (κ3) is 4.59. The van der Waals surface area contributed by atoms with E-state index in [4.69, 9.17) is 9.84 Å². The smallest absolute Gasteiger partial charge is 0.257 e. The average molecular weight is 452 g/mol. The second kappa shape index (κ2) is 8.94. The highest BCUT2D eigenvalue weighted by molar-refractivity contribution is 7.12. The topological polar surface area (TPSA) is 45.1 Å². The normalized spacial score (nSPS) is 18.5. The van der Waals surface area contributed by atoms with E-state index in [1.54, 1.807) is 34.8 Å². The van der Waals surface area contributed by atoms with Gasteiger partial charge in [-0.2, -0.15) is 5.10 Å². The molecule has 2 aliphatic rings. The van der Waals surface area contributed by atoms with Crippen LogP contribution in [0.5, 0.6) is 5.75 Å². The predicted octanol–water partition coefficient (Wildman–Crippen LogP) is 5.16. The van der Waals surface area contributed by atoms with Gasteiger partial charge in [0.25, 0.3) is 5.91 Å². The summed E-state index contributed by atoms with van der Waals surface area (Å²) in [6, 6.07) is 16.9. The number of thiophene rings is 2. The number of hydrogen-bond acceptors (Lipinski definition) is 6. The number of benzene rings is 1. The molecule has 1 amide bonds. The molecule has 3 heterocycles. The van der Waals surface area contributed by atoms with Crippen molar-refractivity contribution in [2.75, 3.05) is 13.7 Å². The van der Waals surface area contributed by atoms with E-state index in [-0.39, 0.29) is 11.9 Å². The molecule has 1 unspecified atom stereocenters. The molecule has 160 valence electrons. The third-order valence-electron chi connectivity index (χ3n) is 5.79. The monoisotopic (exact) mass is 451 g/mol. The van der Waals surface area contributed by atoms with E-state index in [1.165, 1.54) is 10.4 Å². The Hall–Kier alpha value is -2.48. The van der Waals surface area contributed by atoms with E-state index in [2.05, 4.69) is 39.9 Å². The Bertz CT molecular complexity index is 1040. The van der Waals surface area contributed by atoms with Crippen LogP contribution in [0.25, 0.3) is 0 Å². The number of nitrogens with zero attached hydrogens (tertiary/aromatic N) is 3. The number of carbonyl (C=O) groups excluding carboxylic acids is 1. The molecular formula is C24H25N3O2S2. The molecule has 1 atom stereocenters. The van der Waals surface area contributed by atoms with Gasteiger partial charge in [-0.05, 0) is 53.4 Å². The van der Waals surface area contributed by atoms with E-state index < -0.39 is 0 Å². The molecule has 2 aromatic heterocycles. The summed E-state index contributed by atoms with van der Waals surface area (Å²) < 4.78 is 5.27. The SMILES string of the molecule is COc1ccc(CN(CC(=O)N2N=C(c3cccs3)CC2c2cccs2)C2CC2)cc1. The second-order valence-corrected chi connectivity index (χ2v) is 9.91. The van der Waals surface area contributed by atoms with Crippen molar-refractivity contribution in [3.05, 3.63) is 74.6 Å². The molecular weight excluding hydrogens is 426 g/mol. The van der Waals surface area contributed by atoms with E-state index >= 15 is 0 Å². The first kappa shape index (κ1) is 20.4. The van der Waals surface area contributed by atoms with Gasteiger partial charge in [-0.1, -0.05) is 24.3 Å². The number of carbonyl (C=O) groups is 1. The van der Waals surface area contributed by atoms with Crippen LogP contribution in [0.2, 0.25) is 0 Å². The maximum absolute atomic E-state index is 13.5. The predicted molar refractivity (Wildman–Crippen MR) is 126 cm³/mol. The second-order valence-electron chi connectivity index (χ2n) is 7.98. The average Bonchev–Trinajstić information content (AvgIpc) is 3.21.